The minimum atomic E-state index is -4.47. The molecule has 4 nitrogen and oxygen atoms in total. The van der Waals surface area contributed by atoms with Crippen LogP contribution in [0.2, 0.25) is 0 Å². The lowest BCUT2D eigenvalue weighted by atomic mass is 10.2. The molecule has 0 bridgehead atoms. The Morgan fingerprint density at radius 1 is 1.39 bits per heavy atom. The van der Waals surface area contributed by atoms with Gasteiger partial charge in [0, 0.05) is 32.3 Å². The van der Waals surface area contributed by atoms with Crippen LogP contribution in [0.15, 0.2) is 12.1 Å². The first-order valence-electron chi connectivity index (χ1n) is 5.49. The fraction of sp³-hybridized carbons (Fsp3) is 0.545. The van der Waals surface area contributed by atoms with Crippen molar-refractivity contribution in [2.24, 2.45) is 5.73 Å². The molecule has 1 rings (SSSR count). The molecule has 0 saturated heterocycles. The van der Waals surface area contributed by atoms with Gasteiger partial charge >= 0.3 is 6.18 Å². The second-order valence-corrected chi connectivity index (χ2v) is 3.88. The fourth-order valence-electron chi connectivity index (χ4n) is 1.54. The number of aliphatic hydroxyl groups is 1. The molecule has 0 radical (unpaired) electrons. The van der Waals surface area contributed by atoms with Gasteiger partial charge in [-0.15, -0.1) is 0 Å². The summed E-state index contributed by atoms with van der Waals surface area (Å²) in [6.07, 6.45) is -4.02. The second-order valence-electron chi connectivity index (χ2n) is 3.88. The average molecular weight is 263 g/mol. The van der Waals surface area contributed by atoms with Crippen LogP contribution in [-0.2, 0) is 12.7 Å². The molecule has 0 aliphatic heterocycles. The Balaban J connectivity index is 3.06. The highest BCUT2D eigenvalue weighted by molar-refractivity contribution is 5.47. The average Bonchev–Trinajstić information content (AvgIpc) is 2.34. The van der Waals surface area contributed by atoms with E-state index in [1.165, 1.54) is 6.07 Å². The summed E-state index contributed by atoms with van der Waals surface area (Å²) in [4.78, 5) is 5.17. The third-order valence-corrected chi connectivity index (χ3v) is 2.48. The van der Waals surface area contributed by atoms with Gasteiger partial charge in [-0.05, 0) is 12.5 Å². The predicted molar refractivity (Wildman–Crippen MR) is 62.1 cm³/mol. The molecule has 102 valence electrons. The smallest absolute Gasteiger partial charge is 0.396 e. The minimum absolute atomic E-state index is 0.0265. The van der Waals surface area contributed by atoms with Gasteiger partial charge in [0.25, 0.3) is 0 Å². The third kappa shape index (κ3) is 3.58. The van der Waals surface area contributed by atoms with Crippen molar-refractivity contribution in [1.29, 1.82) is 0 Å². The van der Waals surface area contributed by atoms with Crippen LogP contribution in [0.4, 0.5) is 19.0 Å². The Morgan fingerprint density at radius 2 is 2.06 bits per heavy atom. The highest BCUT2D eigenvalue weighted by Crippen LogP contribution is 2.30. The van der Waals surface area contributed by atoms with Crippen LogP contribution in [0, 0.1) is 0 Å². The number of alkyl halides is 3. The quantitative estimate of drug-likeness (QED) is 0.842. The van der Waals surface area contributed by atoms with Crippen LogP contribution in [0.3, 0.4) is 0 Å². The Bertz CT molecular complexity index is 396. The van der Waals surface area contributed by atoms with E-state index in [1.54, 1.807) is 11.9 Å². The van der Waals surface area contributed by atoms with Crippen molar-refractivity contribution >= 4 is 5.82 Å². The summed E-state index contributed by atoms with van der Waals surface area (Å²) in [7, 11) is 1.62. The molecular formula is C11H16F3N3O. The molecule has 3 N–H and O–H groups in total. The number of hydrogen-bond acceptors (Lipinski definition) is 4. The largest absolute Gasteiger partial charge is 0.433 e. The lowest BCUT2D eigenvalue weighted by molar-refractivity contribution is -0.141. The molecule has 0 aliphatic carbocycles. The van der Waals surface area contributed by atoms with E-state index in [1.807, 2.05) is 0 Å². The monoisotopic (exact) mass is 263 g/mol. The summed E-state index contributed by atoms with van der Waals surface area (Å²) >= 11 is 0. The zero-order valence-electron chi connectivity index (χ0n) is 10.0. The first-order valence-corrected chi connectivity index (χ1v) is 5.49. The standard InChI is InChI=1S/C11H16F3N3O/c1-17(5-2-6-18)10-8(7-15)3-4-9(16-10)11(12,13)14/h3-4,18H,2,5-7,15H2,1H3. The van der Waals surface area contributed by atoms with E-state index in [2.05, 4.69) is 4.98 Å². The van der Waals surface area contributed by atoms with Crippen LogP contribution in [-0.4, -0.2) is 30.3 Å². The van der Waals surface area contributed by atoms with Gasteiger partial charge in [-0.2, -0.15) is 13.2 Å². The van der Waals surface area contributed by atoms with Crippen molar-refractivity contribution in [1.82, 2.24) is 4.98 Å². The molecule has 0 unspecified atom stereocenters. The van der Waals surface area contributed by atoms with Gasteiger partial charge in [-0.25, -0.2) is 4.98 Å². The first-order chi connectivity index (χ1) is 8.40. The zero-order valence-corrected chi connectivity index (χ0v) is 10.0. The number of pyridine rings is 1. The summed E-state index contributed by atoms with van der Waals surface area (Å²) in [6, 6.07) is 2.26. The summed E-state index contributed by atoms with van der Waals surface area (Å²) in [6.45, 7) is 0.503. The number of aromatic nitrogens is 1. The summed E-state index contributed by atoms with van der Waals surface area (Å²) < 4.78 is 37.7. The van der Waals surface area contributed by atoms with Gasteiger partial charge in [0.15, 0.2) is 0 Å². The van der Waals surface area contributed by atoms with Crippen LogP contribution in [0.25, 0.3) is 0 Å². The number of nitrogens with zero attached hydrogens (tertiary/aromatic N) is 2. The molecule has 1 aromatic rings. The van der Waals surface area contributed by atoms with Gasteiger partial charge in [0.2, 0.25) is 0 Å². The van der Waals surface area contributed by atoms with Gasteiger partial charge in [0.05, 0.1) is 0 Å². The van der Waals surface area contributed by atoms with E-state index in [4.69, 9.17) is 10.8 Å². The van der Waals surface area contributed by atoms with Gasteiger partial charge < -0.3 is 15.7 Å². The maximum absolute atomic E-state index is 12.6. The molecule has 0 aliphatic rings. The van der Waals surface area contributed by atoms with E-state index in [-0.39, 0.29) is 19.0 Å². The molecule has 7 heteroatoms. The molecule has 0 aromatic carbocycles. The Hall–Kier alpha value is -1.34. The van der Waals surface area contributed by atoms with E-state index in [0.29, 0.717) is 18.5 Å². The SMILES string of the molecule is CN(CCCO)c1nc(C(F)(F)F)ccc1CN. The second kappa shape index (κ2) is 6.01. The minimum Gasteiger partial charge on any atom is -0.396 e. The topological polar surface area (TPSA) is 62.4 Å². The van der Waals surface area contributed by atoms with Crippen molar-refractivity contribution in [3.05, 3.63) is 23.4 Å². The normalized spacial score (nSPS) is 11.7. The summed E-state index contributed by atoms with van der Waals surface area (Å²) in [5, 5.41) is 8.72. The van der Waals surface area contributed by atoms with Gasteiger partial charge in [-0.1, -0.05) is 6.07 Å². The number of halogens is 3. The van der Waals surface area contributed by atoms with Crippen molar-refractivity contribution in [3.63, 3.8) is 0 Å². The number of hydrogen-bond donors (Lipinski definition) is 2. The third-order valence-electron chi connectivity index (χ3n) is 2.48. The molecule has 0 spiro atoms. The molecule has 1 aromatic heterocycles. The number of anilines is 1. The summed E-state index contributed by atoms with van der Waals surface area (Å²) in [5.74, 6) is 0.209. The molecule has 18 heavy (non-hydrogen) atoms. The molecular weight excluding hydrogens is 247 g/mol. The fourth-order valence-corrected chi connectivity index (χ4v) is 1.54. The Morgan fingerprint density at radius 3 is 2.56 bits per heavy atom. The zero-order chi connectivity index (χ0) is 13.8. The van der Waals surface area contributed by atoms with Crippen molar-refractivity contribution < 1.29 is 18.3 Å². The van der Waals surface area contributed by atoms with Crippen LogP contribution < -0.4 is 10.6 Å². The van der Waals surface area contributed by atoms with Crippen molar-refractivity contribution in [2.75, 3.05) is 25.1 Å². The maximum atomic E-state index is 12.6. The van der Waals surface area contributed by atoms with Crippen molar-refractivity contribution in [3.8, 4) is 0 Å². The molecule has 0 amide bonds. The van der Waals surface area contributed by atoms with Crippen LogP contribution >= 0.6 is 0 Å². The lowest BCUT2D eigenvalue weighted by Gasteiger charge is -2.21. The Kier molecular flexibility index (Phi) is 4.92. The maximum Gasteiger partial charge on any atom is 0.433 e. The van der Waals surface area contributed by atoms with Gasteiger partial charge in [-0.3, -0.25) is 0 Å². The van der Waals surface area contributed by atoms with E-state index < -0.39 is 11.9 Å². The van der Waals surface area contributed by atoms with Crippen molar-refractivity contribution in [2.45, 2.75) is 19.1 Å². The molecule has 0 atom stereocenters. The van der Waals surface area contributed by atoms with Gasteiger partial charge in [0.1, 0.15) is 11.5 Å². The predicted octanol–water partition coefficient (Wildman–Crippen LogP) is 1.38. The molecule has 1 heterocycles. The molecule has 0 saturated carbocycles. The van der Waals surface area contributed by atoms with Crippen LogP contribution in [0.1, 0.15) is 17.7 Å². The number of aliphatic hydroxyl groups excluding tert-OH is 1. The molecule has 0 fully saturated rings. The number of rotatable bonds is 5. The number of nitrogens with two attached hydrogens (primary N) is 1. The Labute approximate surface area is 103 Å². The van der Waals surface area contributed by atoms with E-state index in [9.17, 15) is 13.2 Å². The highest BCUT2D eigenvalue weighted by atomic mass is 19.4. The van der Waals surface area contributed by atoms with Crippen LogP contribution in [0.5, 0.6) is 0 Å². The van der Waals surface area contributed by atoms with E-state index in [0.717, 1.165) is 6.07 Å². The first kappa shape index (κ1) is 14.7. The highest BCUT2D eigenvalue weighted by Gasteiger charge is 2.33. The summed E-state index contributed by atoms with van der Waals surface area (Å²) in [5.41, 5.74) is 5.08. The van der Waals surface area contributed by atoms with E-state index >= 15 is 0 Å². The lowest BCUT2D eigenvalue weighted by Crippen LogP contribution is -2.24.